The molecule has 0 bridgehead atoms. The Morgan fingerprint density at radius 3 is 2.82 bits per heavy atom. The van der Waals surface area contributed by atoms with Crippen LogP contribution in [0.15, 0.2) is 36.5 Å². The number of halogens is 1. The second-order valence-corrected chi connectivity index (χ2v) is 7.38. The number of urea groups is 1. The molecule has 0 saturated carbocycles. The summed E-state index contributed by atoms with van der Waals surface area (Å²) in [5, 5.41) is 3.30. The molecule has 9 heteroatoms. The Balaban J connectivity index is 1.48. The summed E-state index contributed by atoms with van der Waals surface area (Å²) in [5.74, 6) is 0.695. The van der Waals surface area contributed by atoms with Gasteiger partial charge in [0.2, 0.25) is 5.88 Å². The van der Waals surface area contributed by atoms with E-state index in [-0.39, 0.29) is 23.9 Å². The average molecular weight is 402 g/mol. The van der Waals surface area contributed by atoms with Crippen molar-refractivity contribution >= 4 is 29.2 Å². The number of aromatic nitrogens is 2. The summed E-state index contributed by atoms with van der Waals surface area (Å²) in [4.78, 5) is 36.9. The number of aryl methyl sites for hydroxylation is 1. The molecular weight excluding hydrogens is 382 g/mol. The van der Waals surface area contributed by atoms with Crippen molar-refractivity contribution in [1.29, 1.82) is 0 Å². The highest BCUT2D eigenvalue weighted by Gasteiger charge is 2.53. The van der Waals surface area contributed by atoms with Crippen LogP contribution in [0, 0.1) is 12.8 Å². The van der Waals surface area contributed by atoms with E-state index in [9.17, 15) is 9.59 Å². The molecule has 3 atom stereocenters. The maximum atomic E-state index is 12.7. The number of hydrogen-bond donors (Lipinski definition) is 1. The van der Waals surface area contributed by atoms with E-state index in [0.29, 0.717) is 35.5 Å². The van der Waals surface area contributed by atoms with Gasteiger partial charge in [-0.2, -0.15) is 4.98 Å². The summed E-state index contributed by atoms with van der Waals surface area (Å²) >= 11 is 6.12. The molecular formula is C19H20ClN5O3. The van der Waals surface area contributed by atoms with E-state index in [4.69, 9.17) is 16.3 Å². The number of hydrogen-bond acceptors (Lipinski definition) is 5. The molecule has 3 heterocycles. The highest BCUT2D eigenvalue weighted by molar-refractivity contribution is 6.33. The number of fused-ring (bicyclic) bond motifs is 1. The number of benzene rings is 1. The van der Waals surface area contributed by atoms with Gasteiger partial charge in [0.25, 0.3) is 5.91 Å². The van der Waals surface area contributed by atoms with Gasteiger partial charge < -0.3 is 19.9 Å². The van der Waals surface area contributed by atoms with E-state index >= 15 is 0 Å². The molecule has 0 spiro atoms. The standard InChI is InChI=1S/C19H20ClN5O3/c1-11-21-8-7-16(22-11)28-17-12-9-25(10-15(12)24(2)18(17)26)19(27)23-14-6-4-3-5-13(14)20/h3-8,12,15,17H,9-10H2,1-2H3,(H,23,27)/t12-,15+,17-/m0/s1. The van der Waals surface area contributed by atoms with Gasteiger partial charge in [-0.1, -0.05) is 23.7 Å². The molecule has 1 N–H and O–H groups in total. The predicted molar refractivity (Wildman–Crippen MR) is 103 cm³/mol. The lowest BCUT2D eigenvalue weighted by atomic mass is 10.0. The lowest BCUT2D eigenvalue weighted by Crippen LogP contribution is -2.41. The zero-order valence-corrected chi connectivity index (χ0v) is 16.3. The van der Waals surface area contributed by atoms with Crippen LogP contribution in [0.2, 0.25) is 5.02 Å². The molecule has 0 aliphatic carbocycles. The molecule has 28 heavy (non-hydrogen) atoms. The number of likely N-dealkylation sites (N-methyl/N-ethyl adjacent to an activating group) is 1. The van der Waals surface area contributed by atoms with Gasteiger partial charge in [-0.25, -0.2) is 9.78 Å². The number of nitrogens with zero attached hydrogens (tertiary/aromatic N) is 4. The van der Waals surface area contributed by atoms with Crippen molar-refractivity contribution in [2.75, 3.05) is 25.5 Å². The minimum absolute atomic E-state index is 0.0996. The molecule has 2 aliphatic heterocycles. The molecule has 2 aromatic rings. The molecule has 3 amide bonds. The monoisotopic (exact) mass is 401 g/mol. The lowest BCUT2D eigenvalue weighted by Gasteiger charge is -2.22. The Bertz CT molecular complexity index is 924. The Hall–Kier alpha value is -2.87. The van der Waals surface area contributed by atoms with Gasteiger partial charge in [0.05, 0.1) is 16.8 Å². The van der Waals surface area contributed by atoms with Gasteiger partial charge in [-0.05, 0) is 19.1 Å². The summed E-state index contributed by atoms with van der Waals surface area (Å²) in [5.41, 5.74) is 0.555. The summed E-state index contributed by atoms with van der Waals surface area (Å²) in [6, 6.07) is 8.35. The molecule has 2 aliphatic rings. The smallest absolute Gasteiger partial charge is 0.321 e. The fraction of sp³-hybridized carbons (Fsp3) is 0.368. The van der Waals surface area contributed by atoms with E-state index in [0.717, 1.165) is 0 Å². The normalized spacial score (nSPS) is 23.7. The predicted octanol–water partition coefficient (Wildman–Crippen LogP) is 2.19. The van der Waals surface area contributed by atoms with Crippen molar-refractivity contribution in [2.45, 2.75) is 19.1 Å². The first-order valence-corrected chi connectivity index (χ1v) is 9.35. The molecule has 146 valence electrons. The van der Waals surface area contributed by atoms with Gasteiger partial charge in [0, 0.05) is 38.3 Å². The van der Waals surface area contributed by atoms with Gasteiger partial charge in [-0.3, -0.25) is 4.79 Å². The second-order valence-electron chi connectivity index (χ2n) is 6.98. The first-order valence-electron chi connectivity index (χ1n) is 8.97. The van der Waals surface area contributed by atoms with Crippen LogP contribution in [0.25, 0.3) is 0 Å². The maximum absolute atomic E-state index is 12.7. The molecule has 8 nitrogen and oxygen atoms in total. The second kappa shape index (κ2) is 7.27. The van der Waals surface area contributed by atoms with Crippen LogP contribution < -0.4 is 10.1 Å². The van der Waals surface area contributed by atoms with E-state index in [2.05, 4.69) is 15.3 Å². The van der Waals surface area contributed by atoms with Crippen molar-refractivity contribution in [3.63, 3.8) is 0 Å². The van der Waals surface area contributed by atoms with Crippen LogP contribution in [-0.4, -0.2) is 64.0 Å². The van der Waals surface area contributed by atoms with Crippen LogP contribution in [0.3, 0.4) is 0 Å². The van der Waals surface area contributed by atoms with Crippen LogP contribution in [-0.2, 0) is 4.79 Å². The van der Waals surface area contributed by atoms with Crippen LogP contribution in [0.4, 0.5) is 10.5 Å². The highest BCUT2D eigenvalue weighted by Crippen LogP contribution is 2.34. The summed E-state index contributed by atoms with van der Waals surface area (Å²) in [6.45, 7) is 2.60. The molecule has 0 radical (unpaired) electrons. The van der Waals surface area contributed by atoms with E-state index in [1.807, 2.05) is 0 Å². The maximum Gasteiger partial charge on any atom is 0.321 e. The molecule has 1 aromatic heterocycles. The van der Waals surface area contributed by atoms with Crippen LogP contribution in [0.1, 0.15) is 5.82 Å². The number of likely N-dealkylation sites (tertiary alicyclic amines) is 2. The number of rotatable bonds is 3. The number of para-hydroxylation sites is 1. The zero-order chi connectivity index (χ0) is 19.8. The third-order valence-electron chi connectivity index (χ3n) is 5.21. The van der Waals surface area contributed by atoms with Gasteiger partial charge in [0.15, 0.2) is 6.10 Å². The molecule has 2 saturated heterocycles. The summed E-state index contributed by atoms with van der Waals surface area (Å²) in [7, 11) is 1.74. The molecule has 1 aromatic carbocycles. The Morgan fingerprint density at radius 2 is 2.07 bits per heavy atom. The first kappa shape index (κ1) is 18.5. The van der Waals surface area contributed by atoms with E-state index < -0.39 is 6.10 Å². The third-order valence-corrected chi connectivity index (χ3v) is 5.54. The largest absolute Gasteiger partial charge is 0.464 e. The highest BCUT2D eigenvalue weighted by atomic mass is 35.5. The molecule has 0 unspecified atom stereocenters. The van der Waals surface area contributed by atoms with Crippen molar-refractivity contribution in [2.24, 2.45) is 5.92 Å². The van der Waals surface area contributed by atoms with Gasteiger partial charge in [0.1, 0.15) is 5.82 Å². The number of amides is 3. The fourth-order valence-electron chi connectivity index (χ4n) is 3.76. The third kappa shape index (κ3) is 3.35. The van der Waals surface area contributed by atoms with Crippen LogP contribution in [0.5, 0.6) is 5.88 Å². The summed E-state index contributed by atoms with van der Waals surface area (Å²) in [6.07, 6.45) is 0.915. The topological polar surface area (TPSA) is 87.7 Å². The van der Waals surface area contributed by atoms with Crippen molar-refractivity contribution in [3.05, 3.63) is 47.4 Å². The van der Waals surface area contributed by atoms with Crippen LogP contribution >= 0.6 is 11.6 Å². The van der Waals surface area contributed by atoms with E-state index in [1.165, 1.54) is 0 Å². The minimum Gasteiger partial charge on any atom is -0.464 e. The number of carbonyl (C=O) groups excluding carboxylic acids is 2. The van der Waals surface area contributed by atoms with Crippen molar-refractivity contribution < 1.29 is 14.3 Å². The number of carbonyl (C=O) groups is 2. The quantitative estimate of drug-likeness (QED) is 0.851. The number of anilines is 1. The SMILES string of the molecule is Cc1nccc(O[C@@H]2C(=O)N(C)[C@@H]3CN(C(=O)Nc4ccccc4Cl)C[C@H]23)n1. The number of ether oxygens (including phenoxy) is 1. The minimum atomic E-state index is -0.678. The van der Waals surface area contributed by atoms with E-state index in [1.54, 1.807) is 60.3 Å². The van der Waals surface area contributed by atoms with Gasteiger partial charge in [-0.15, -0.1) is 0 Å². The van der Waals surface area contributed by atoms with Crippen molar-refractivity contribution in [3.8, 4) is 5.88 Å². The lowest BCUT2D eigenvalue weighted by molar-refractivity contribution is -0.133. The Kier molecular flexibility index (Phi) is 4.80. The number of nitrogens with one attached hydrogen (secondary N) is 1. The molecule has 4 rings (SSSR count). The average Bonchev–Trinajstić information content (AvgIpc) is 3.19. The zero-order valence-electron chi connectivity index (χ0n) is 15.5. The fourth-order valence-corrected chi connectivity index (χ4v) is 3.94. The van der Waals surface area contributed by atoms with Gasteiger partial charge >= 0.3 is 6.03 Å². The van der Waals surface area contributed by atoms with Crippen molar-refractivity contribution in [1.82, 2.24) is 19.8 Å². The molecule has 2 fully saturated rings. The Morgan fingerprint density at radius 1 is 1.29 bits per heavy atom. The first-order chi connectivity index (χ1) is 13.4. The summed E-state index contributed by atoms with van der Waals surface area (Å²) < 4.78 is 5.90. The Labute approximate surface area is 167 Å².